The minimum absolute atomic E-state index is 0.648. The van der Waals surface area contributed by atoms with Gasteiger partial charge in [-0.3, -0.25) is 4.57 Å². The van der Waals surface area contributed by atoms with Gasteiger partial charge < -0.3 is 9.72 Å². The molecule has 0 unspecified atom stereocenters. The zero-order valence-electron chi connectivity index (χ0n) is 11.6. The lowest BCUT2D eigenvalue weighted by atomic mass is 10.2. The first-order valence-electron chi connectivity index (χ1n) is 6.82. The van der Waals surface area contributed by atoms with Crippen LogP contribution >= 0.6 is 23.8 Å². The summed E-state index contributed by atoms with van der Waals surface area (Å²) in [6, 6.07) is 13.6. The molecule has 0 amide bonds. The van der Waals surface area contributed by atoms with Crippen molar-refractivity contribution in [3.63, 3.8) is 0 Å². The van der Waals surface area contributed by atoms with Crippen LogP contribution in [0.2, 0.25) is 5.02 Å². The van der Waals surface area contributed by atoms with Crippen LogP contribution in [0.25, 0.3) is 16.7 Å². The number of halogens is 1. The van der Waals surface area contributed by atoms with Gasteiger partial charge in [-0.25, -0.2) is 0 Å². The number of hydrogen-bond donors (Lipinski definition) is 1. The van der Waals surface area contributed by atoms with Gasteiger partial charge in [-0.05, 0) is 61.1 Å². The Morgan fingerprint density at radius 3 is 2.67 bits per heavy atom. The van der Waals surface area contributed by atoms with Crippen LogP contribution in [0.1, 0.15) is 13.3 Å². The second-order valence-corrected chi connectivity index (χ2v) is 5.59. The summed E-state index contributed by atoms with van der Waals surface area (Å²) in [6.45, 7) is 2.81. The van der Waals surface area contributed by atoms with E-state index in [2.05, 4.69) is 11.9 Å². The van der Waals surface area contributed by atoms with Crippen molar-refractivity contribution < 1.29 is 4.74 Å². The van der Waals surface area contributed by atoms with Crippen molar-refractivity contribution >= 4 is 34.9 Å². The standard InChI is InChI=1S/C16H15ClN2OS/c1-2-9-20-13-6-4-12(5-7-13)19-15-8-3-11(17)10-14(15)18-16(19)21/h3-8,10H,2,9H2,1H3,(H,18,21). The molecule has 0 atom stereocenters. The summed E-state index contributed by atoms with van der Waals surface area (Å²) in [4.78, 5) is 3.18. The van der Waals surface area contributed by atoms with E-state index in [0.717, 1.165) is 35.5 Å². The predicted molar refractivity (Wildman–Crippen MR) is 89.3 cm³/mol. The summed E-state index contributed by atoms with van der Waals surface area (Å²) >= 11 is 11.4. The molecule has 1 N–H and O–H groups in total. The molecule has 0 aliphatic heterocycles. The lowest BCUT2D eigenvalue weighted by Gasteiger charge is -2.07. The summed E-state index contributed by atoms with van der Waals surface area (Å²) in [5.74, 6) is 0.870. The Balaban J connectivity index is 2.04. The predicted octanol–water partition coefficient (Wildman–Crippen LogP) is 5.13. The third kappa shape index (κ3) is 2.82. The molecule has 3 rings (SSSR count). The normalized spacial score (nSPS) is 11.0. The summed E-state index contributed by atoms with van der Waals surface area (Å²) in [6.07, 6.45) is 0.996. The Hall–Kier alpha value is -1.78. The van der Waals surface area contributed by atoms with E-state index in [9.17, 15) is 0 Å². The molecule has 21 heavy (non-hydrogen) atoms. The Morgan fingerprint density at radius 1 is 1.19 bits per heavy atom. The lowest BCUT2D eigenvalue weighted by Crippen LogP contribution is -1.97. The number of hydrogen-bond acceptors (Lipinski definition) is 2. The number of H-pyrrole nitrogens is 1. The van der Waals surface area contributed by atoms with Crippen molar-refractivity contribution in [2.75, 3.05) is 6.61 Å². The highest BCUT2D eigenvalue weighted by Crippen LogP contribution is 2.24. The Kier molecular flexibility index (Phi) is 3.99. The summed E-state index contributed by atoms with van der Waals surface area (Å²) < 4.78 is 8.24. The summed E-state index contributed by atoms with van der Waals surface area (Å²) in [5.41, 5.74) is 2.93. The van der Waals surface area contributed by atoms with E-state index in [-0.39, 0.29) is 0 Å². The third-order valence-corrected chi connectivity index (χ3v) is 3.73. The largest absolute Gasteiger partial charge is 0.494 e. The number of imidazole rings is 1. The minimum Gasteiger partial charge on any atom is -0.494 e. The number of nitrogens with zero attached hydrogens (tertiary/aromatic N) is 1. The van der Waals surface area contributed by atoms with Gasteiger partial charge >= 0.3 is 0 Å². The quantitative estimate of drug-likeness (QED) is 0.676. The zero-order chi connectivity index (χ0) is 14.8. The van der Waals surface area contributed by atoms with Crippen molar-refractivity contribution in [3.8, 4) is 11.4 Å². The lowest BCUT2D eigenvalue weighted by molar-refractivity contribution is 0.317. The number of fused-ring (bicyclic) bond motifs is 1. The van der Waals surface area contributed by atoms with Crippen LogP contribution in [-0.4, -0.2) is 16.2 Å². The molecule has 0 aliphatic rings. The van der Waals surface area contributed by atoms with Crippen LogP contribution in [0.15, 0.2) is 42.5 Å². The van der Waals surface area contributed by atoms with Crippen LogP contribution in [0.4, 0.5) is 0 Å². The maximum atomic E-state index is 6.02. The van der Waals surface area contributed by atoms with Gasteiger partial charge in [0.25, 0.3) is 0 Å². The summed E-state index contributed by atoms with van der Waals surface area (Å²) in [5, 5.41) is 0.689. The molecule has 5 heteroatoms. The van der Waals surface area contributed by atoms with E-state index in [0.29, 0.717) is 9.79 Å². The molecule has 3 nitrogen and oxygen atoms in total. The monoisotopic (exact) mass is 318 g/mol. The fourth-order valence-electron chi connectivity index (χ4n) is 2.25. The van der Waals surface area contributed by atoms with Gasteiger partial charge in [0.05, 0.1) is 17.6 Å². The number of rotatable bonds is 4. The van der Waals surface area contributed by atoms with Crippen molar-refractivity contribution in [2.45, 2.75) is 13.3 Å². The van der Waals surface area contributed by atoms with E-state index in [1.165, 1.54) is 0 Å². The zero-order valence-corrected chi connectivity index (χ0v) is 13.2. The molecule has 0 spiro atoms. The molecule has 0 fully saturated rings. The van der Waals surface area contributed by atoms with Crippen molar-refractivity contribution in [1.29, 1.82) is 0 Å². The fourth-order valence-corrected chi connectivity index (χ4v) is 2.74. The molecule has 0 aliphatic carbocycles. The van der Waals surface area contributed by atoms with Gasteiger partial charge in [0.2, 0.25) is 0 Å². The minimum atomic E-state index is 0.648. The molecule has 0 saturated heterocycles. The van der Waals surface area contributed by atoms with E-state index in [1.54, 1.807) is 0 Å². The topological polar surface area (TPSA) is 29.9 Å². The first-order valence-corrected chi connectivity index (χ1v) is 7.61. The number of nitrogens with one attached hydrogen (secondary N) is 1. The van der Waals surface area contributed by atoms with Crippen molar-refractivity contribution in [1.82, 2.24) is 9.55 Å². The van der Waals surface area contributed by atoms with Crippen LogP contribution in [-0.2, 0) is 0 Å². The average Bonchev–Trinajstić information content (AvgIpc) is 2.80. The average molecular weight is 319 g/mol. The number of ether oxygens (including phenoxy) is 1. The molecular formula is C16H15ClN2OS. The highest BCUT2D eigenvalue weighted by molar-refractivity contribution is 7.71. The molecule has 3 aromatic rings. The Labute approximate surface area is 133 Å². The molecule has 108 valence electrons. The van der Waals surface area contributed by atoms with Gasteiger partial charge in [0, 0.05) is 10.7 Å². The fraction of sp³-hybridized carbons (Fsp3) is 0.188. The van der Waals surface area contributed by atoms with Gasteiger partial charge in [0.1, 0.15) is 5.75 Å². The molecule has 2 aromatic carbocycles. The molecule has 1 aromatic heterocycles. The Bertz CT molecular complexity index is 820. The van der Waals surface area contributed by atoms with Crippen LogP contribution < -0.4 is 4.74 Å². The molecule has 1 heterocycles. The maximum absolute atomic E-state index is 6.02. The maximum Gasteiger partial charge on any atom is 0.182 e. The highest BCUT2D eigenvalue weighted by atomic mass is 35.5. The highest BCUT2D eigenvalue weighted by Gasteiger charge is 2.07. The van der Waals surface area contributed by atoms with Gasteiger partial charge in [-0.1, -0.05) is 18.5 Å². The van der Waals surface area contributed by atoms with Crippen molar-refractivity contribution in [2.24, 2.45) is 0 Å². The van der Waals surface area contributed by atoms with Crippen LogP contribution in [0.3, 0.4) is 0 Å². The smallest absolute Gasteiger partial charge is 0.182 e. The van der Waals surface area contributed by atoms with Gasteiger partial charge in [0.15, 0.2) is 4.77 Å². The number of benzene rings is 2. The summed E-state index contributed by atoms with van der Waals surface area (Å²) in [7, 11) is 0. The number of aromatic amines is 1. The molecule has 0 saturated carbocycles. The SMILES string of the molecule is CCCOc1ccc(-n2c(=S)[nH]c3cc(Cl)ccc32)cc1. The molecule has 0 radical (unpaired) electrons. The first-order chi connectivity index (χ1) is 10.2. The first kappa shape index (κ1) is 14.2. The number of aromatic nitrogens is 2. The second kappa shape index (κ2) is 5.92. The van der Waals surface area contributed by atoms with E-state index >= 15 is 0 Å². The molecular weight excluding hydrogens is 304 g/mol. The van der Waals surface area contributed by atoms with Crippen LogP contribution in [0, 0.1) is 4.77 Å². The van der Waals surface area contributed by atoms with E-state index in [4.69, 9.17) is 28.6 Å². The van der Waals surface area contributed by atoms with E-state index < -0.39 is 0 Å². The Morgan fingerprint density at radius 2 is 1.95 bits per heavy atom. The second-order valence-electron chi connectivity index (χ2n) is 4.77. The van der Waals surface area contributed by atoms with Crippen molar-refractivity contribution in [3.05, 3.63) is 52.3 Å². The molecule has 0 bridgehead atoms. The third-order valence-electron chi connectivity index (χ3n) is 3.21. The van der Waals surface area contributed by atoms with Gasteiger partial charge in [-0.15, -0.1) is 0 Å². The van der Waals surface area contributed by atoms with E-state index in [1.807, 2.05) is 47.0 Å². The van der Waals surface area contributed by atoms with Crippen LogP contribution in [0.5, 0.6) is 5.75 Å². The van der Waals surface area contributed by atoms with Gasteiger partial charge in [-0.2, -0.15) is 0 Å².